The Balaban J connectivity index is 2.83. The Morgan fingerprint density at radius 3 is 2.74 bits per heavy atom. The molecule has 1 aromatic carbocycles. The first kappa shape index (κ1) is 13.8. The molecular formula is C10H8ClFN2O4S. The van der Waals surface area contributed by atoms with Crippen molar-refractivity contribution in [1.29, 1.82) is 0 Å². The van der Waals surface area contributed by atoms with Gasteiger partial charge in [0.05, 0.1) is 22.1 Å². The second-order valence-corrected chi connectivity index (χ2v) is 6.06. The smallest absolute Gasteiger partial charge is 0.258 e. The van der Waals surface area contributed by atoms with Gasteiger partial charge in [0.15, 0.2) is 0 Å². The first-order chi connectivity index (χ1) is 8.82. The van der Waals surface area contributed by atoms with Gasteiger partial charge in [-0.3, -0.25) is 14.4 Å². The first-order valence-corrected chi connectivity index (χ1v) is 6.93. The maximum Gasteiger partial charge on any atom is 0.294 e. The fraction of sp³-hybridized carbons (Fsp3) is 0.200. The molecule has 1 heterocycles. The number of sulfonamides is 1. The Bertz CT molecular complexity index is 676. The molecule has 1 atom stereocenters. The molecule has 19 heavy (non-hydrogen) atoms. The second kappa shape index (κ2) is 4.46. The lowest BCUT2D eigenvalue weighted by atomic mass is 10.1. The molecule has 9 heteroatoms. The highest BCUT2D eigenvalue weighted by Gasteiger charge is 2.48. The number of hydrogen-bond acceptors (Lipinski definition) is 4. The van der Waals surface area contributed by atoms with Crippen LogP contribution in [0.4, 0.5) is 15.8 Å². The largest absolute Gasteiger partial charge is 0.294 e. The SMILES string of the molecule is C=CCN1c2c([N+](=O)[O-])ccc(Cl)c2C(F)S1(=O)=O. The molecule has 2 rings (SSSR count). The van der Waals surface area contributed by atoms with Gasteiger partial charge in [0.1, 0.15) is 5.69 Å². The Morgan fingerprint density at radius 2 is 2.21 bits per heavy atom. The molecule has 0 saturated carbocycles. The highest BCUT2D eigenvalue weighted by molar-refractivity contribution is 7.93. The van der Waals surface area contributed by atoms with E-state index in [1.54, 1.807) is 0 Å². The summed E-state index contributed by atoms with van der Waals surface area (Å²) in [5.41, 5.74) is -3.64. The maximum absolute atomic E-state index is 14.0. The molecule has 0 saturated heterocycles. The lowest BCUT2D eigenvalue weighted by Crippen LogP contribution is -2.28. The molecule has 0 amide bonds. The summed E-state index contributed by atoms with van der Waals surface area (Å²) in [5, 5.41) is 10.8. The van der Waals surface area contributed by atoms with Crippen LogP contribution < -0.4 is 4.31 Å². The third kappa shape index (κ3) is 1.87. The summed E-state index contributed by atoms with van der Waals surface area (Å²) < 4.78 is 38.4. The normalized spacial score (nSPS) is 20.1. The number of benzene rings is 1. The second-order valence-electron chi connectivity index (χ2n) is 3.77. The summed E-state index contributed by atoms with van der Waals surface area (Å²) in [5.74, 6) is 0. The summed E-state index contributed by atoms with van der Waals surface area (Å²) in [6.45, 7) is 3.09. The molecule has 0 radical (unpaired) electrons. The minimum absolute atomic E-state index is 0.164. The van der Waals surface area contributed by atoms with E-state index in [4.69, 9.17) is 11.6 Å². The number of halogens is 2. The molecule has 102 valence electrons. The summed E-state index contributed by atoms with van der Waals surface area (Å²) in [4.78, 5) is 10.2. The van der Waals surface area contributed by atoms with Crippen molar-refractivity contribution in [2.75, 3.05) is 10.8 Å². The molecule has 1 unspecified atom stereocenters. The van der Waals surface area contributed by atoms with Gasteiger partial charge >= 0.3 is 0 Å². The van der Waals surface area contributed by atoms with Crippen LogP contribution in [0.3, 0.4) is 0 Å². The lowest BCUT2D eigenvalue weighted by Gasteiger charge is -2.15. The van der Waals surface area contributed by atoms with E-state index in [-0.39, 0.29) is 17.3 Å². The highest BCUT2D eigenvalue weighted by atomic mass is 35.5. The molecule has 0 N–H and O–H groups in total. The molecule has 1 aliphatic rings. The summed E-state index contributed by atoms with van der Waals surface area (Å²) in [6.07, 6.45) is 1.21. The van der Waals surface area contributed by atoms with Gasteiger partial charge in [-0.05, 0) is 6.07 Å². The lowest BCUT2D eigenvalue weighted by molar-refractivity contribution is -0.384. The fourth-order valence-electron chi connectivity index (χ4n) is 1.90. The number of hydrogen-bond donors (Lipinski definition) is 0. The van der Waals surface area contributed by atoms with Crippen LogP contribution in [0, 0.1) is 10.1 Å². The van der Waals surface area contributed by atoms with Crippen molar-refractivity contribution in [1.82, 2.24) is 0 Å². The number of fused-ring (bicyclic) bond motifs is 1. The molecule has 1 aromatic rings. The number of rotatable bonds is 3. The van der Waals surface area contributed by atoms with Crippen molar-refractivity contribution in [3.8, 4) is 0 Å². The standard InChI is InChI=1S/C10H8ClFN2O4S/c1-2-5-13-9-7(14(15)16)4-3-6(11)8(9)10(12)19(13,17)18/h2-4,10H,1,5H2. The number of anilines is 1. The maximum atomic E-state index is 14.0. The summed E-state index contributed by atoms with van der Waals surface area (Å²) in [6, 6.07) is 2.16. The molecule has 0 aromatic heterocycles. The van der Waals surface area contributed by atoms with Crippen LogP contribution in [0.5, 0.6) is 0 Å². The highest BCUT2D eigenvalue weighted by Crippen LogP contribution is 2.50. The van der Waals surface area contributed by atoms with Crippen LogP contribution in [0.15, 0.2) is 24.8 Å². The van der Waals surface area contributed by atoms with E-state index in [2.05, 4.69) is 6.58 Å². The van der Waals surface area contributed by atoms with Crippen LogP contribution in [0.2, 0.25) is 5.02 Å². The van der Waals surface area contributed by atoms with E-state index in [1.165, 1.54) is 6.08 Å². The zero-order chi connectivity index (χ0) is 14.4. The van der Waals surface area contributed by atoms with Crippen LogP contribution in [0.1, 0.15) is 11.1 Å². The molecule has 6 nitrogen and oxygen atoms in total. The van der Waals surface area contributed by atoms with E-state index in [0.717, 1.165) is 12.1 Å². The van der Waals surface area contributed by atoms with E-state index in [9.17, 15) is 22.9 Å². The average molecular weight is 307 g/mol. The molecule has 0 spiro atoms. The monoisotopic (exact) mass is 306 g/mol. The van der Waals surface area contributed by atoms with Crippen molar-refractivity contribution < 1.29 is 17.7 Å². The van der Waals surface area contributed by atoms with Gasteiger partial charge in [-0.15, -0.1) is 6.58 Å². The van der Waals surface area contributed by atoms with Crippen LogP contribution >= 0.6 is 11.6 Å². The Hall–Kier alpha value is -1.67. The number of nitro groups is 1. The minimum Gasteiger partial charge on any atom is -0.258 e. The minimum atomic E-state index is -4.36. The van der Waals surface area contributed by atoms with E-state index in [0.29, 0.717) is 4.31 Å². The average Bonchev–Trinajstić information content (AvgIpc) is 2.52. The molecule has 1 aliphatic heterocycles. The van der Waals surface area contributed by atoms with E-state index >= 15 is 0 Å². The predicted molar refractivity (Wildman–Crippen MR) is 68.4 cm³/mol. The van der Waals surface area contributed by atoms with Gasteiger partial charge in [-0.2, -0.15) is 0 Å². The first-order valence-electron chi connectivity index (χ1n) is 5.05. The van der Waals surface area contributed by atoms with Crippen molar-refractivity contribution >= 4 is 33.0 Å². The van der Waals surface area contributed by atoms with Gasteiger partial charge in [0.25, 0.3) is 15.7 Å². The van der Waals surface area contributed by atoms with Crippen LogP contribution in [-0.4, -0.2) is 19.9 Å². The zero-order valence-corrected chi connectivity index (χ0v) is 11.0. The number of nitro benzene ring substituents is 1. The quantitative estimate of drug-likeness (QED) is 0.488. The van der Waals surface area contributed by atoms with Gasteiger partial charge in [-0.25, -0.2) is 12.8 Å². The zero-order valence-electron chi connectivity index (χ0n) is 9.42. The third-order valence-electron chi connectivity index (χ3n) is 2.68. The topological polar surface area (TPSA) is 80.5 Å². The van der Waals surface area contributed by atoms with E-state index < -0.39 is 31.7 Å². The van der Waals surface area contributed by atoms with Crippen LogP contribution in [-0.2, 0) is 10.0 Å². The van der Waals surface area contributed by atoms with Crippen molar-refractivity contribution in [3.05, 3.63) is 45.5 Å². The number of nitrogens with zero attached hydrogens (tertiary/aromatic N) is 2. The van der Waals surface area contributed by atoms with E-state index in [1.807, 2.05) is 0 Å². The molecular weight excluding hydrogens is 299 g/mol. The number of alkyl halides is 1. The fourth-order valence-corrected chi connectivity index (χ4v) is 3.73. The van der Waals surface area contributed by atoms with Crippen molar-refractivity contribution in [3.63, 3.8) is 0 Å². The molecule has 0 fully saturated rings. The van der Waals surface area contributed by atoms with Gasteiger partial charge in [-0.1, -0.05) is 17.7 Å². The Morgan fingerprint density at radius 1 is 1.58 bits per heavy atom. The van der Waals surface area contributed by atoms with Crippen LogP contribution in [0.25, 0.3) is 0 Å². The summed E-state index contributed by atoms with van der Waals surface area (Å²) in [7, 11) is -4.36. The van der Waals surface area contributed by atoms with Gasteiger partial charge in [0.2, 0.25) is 5.50 Å². The summed E-state index contributed by atoms with van der Waals surface area (Å²) >= 11 is 5.75. The molecule has 0 bridgehead atoms. The Kier molecular flexibility index (Phi) is 3.23. The molecule has 0 aliphatic carbocycles. The van der Waals surface area contributed by atoms with Gasteiger partial charge < -0.3 is 0 Å². The van der Waals surface area contributed by atoms with Gasteiger partial charge in [0, 0.05) is 6.07 Å². The third-order valence-corrected chi connectivity index (χ3v) is 4.71. The predicted octanol–water partition coefficient (Wildman–Crippen LogP) is 2.55. The van der Waals surface area contributed by atoms with Crippen molar-refractivity contribution in [2.24, 2.45) is 0 Å². The van der Waals surface area contributed by atoms with Crippen molar-refractivity contribution in [2.45, 2.75) is 5.50 Å². The Labute approximate surface area is 113 Å².